The van der Waals surface area contributed by atoms with Gasteiger partial charge in [-0.1, -0.05) is 11.6 Å². The molecule has 3 N–H and O–H groups in total. The third-order valence-electron chi connectivity index (χ3n) is 4.96. The van der Waals surface area contributed by atoms with Crippen LogP contribution in [0.15, 0.2) is 24.3 Å². The number of amides is 5. The fraction of sp³-hybridized carbons (Fsp3) is 0.286. The first-order valence-corrected chi connectivity index (χ1v) is 11.1. The number of esters is 1. The lowest BCUT2D eigenvalue weighted by Gasteiger charge is -2.19. The molecule has 1 fully saturated rings. The summed E-state index contributed by atoms with van der Waals surface area (Å²) in [5, 5.41) is 3.02. The molecule has 2 heterocycles. The molecule has 2 aromatic rings. The number of nitrogens with zero attached hydrogens (tertiary/aromatic N) is 2. The molecule has 1 unspecified atom stereocenters. The van der Waals surface area contributed by atoms with Crippen molar-refractivity contribution in [3.8, 4) is 0 Å². The average molecular weight is 493 g/mol. The van der Waals surface area contributed by atoms with Gasteiger partial charge < -0.3 is 15.8 Å². The Labute approximate surface area is 198 Å². The number of anilines is 2. The number of benzene rings is 1. The van der Waals surface area contributed by atoms with E-state index < -0.39 is 42.3 Å². The van der Waals surface area contributed by atoms with Gasteiger partial charge >= 0.3 is 12.0 Å². The molecule has 1 aliphatic rings. The van der Waals surface area contributed by atoms with Crippen LogP contribution in [-0.2, 0) is 14.3 Å². The monoisotopic (exact) mass is 492 g/mol. The molecule has 0 bridgehead atoms. The van der Waals surface area contributed by atoms with E-state index in [-0.39, 0.29) is 27.6 Å². The van der Waals surface area contributed by atoms with Gasteiger partial charge in [0.15, 0.2) is 0 Å². The van der Waals surface area contributed by atoms with Gasteiger partial charge in [-0.15, -0.1) is 11.3 Å². The van der Waals surface area contributed by atoms with E-state index in [1.165, 1.54) is 11.8 Å². The number of thiophene rings is 1. The van der Waals surface area contributed by atoms with E-state index in [4.69, 9.17) is 22.1 Å². The molecule has 0 radical (unpaired) electrons. The van der Waals surface area contributed by atoms with E-state index in [0.717, 1.165) is 16.2 Å². The number of primary amides is 1. The number of carbonyl (C=O) groups is 5. The molecule has 12 heteroatoms. The van der Waals surface area contributed by atoms with E-state index in [1.807, 2.05) is 0 Å². The zero-order chi connectivity index (χ0) is 24.4. The van der Waals surface area contributed by atoms with Gasteiger partial charge in [0.05, 0.1) is 17.0 Å². The molecule has 1 saturated heterocycles. The quantitative estimate of drug-likeness (QED) is 0.450. The summed E-state index contributed by atoms with van der Waals surface area (Å²) in [6.07, 6.45) is 0. The van der Waals surface area contributed by atoms with E-state index in [2.05, 4.69) is 5.32 Å². The van der Waals surface area contributed by atoms with E-state index in [9.17, 15) is 24.0 Å². The van der Waals surface area contributed by atoms with Crippen LogP contribution in [0.25, 0.3) is 0 Å². The van der Waals surface area contributed by atoms with Crippen LogP contribution in [0.5, 0.6) is 0 Å². The predicted octanol–water partition coefficient (Wildman–Crippen LogP) is 2.78. The Hall–Kier alpha value is -3.44. The Morgan fingerprint density at radius 1 is 1.21 bits per heavy atom. The number of halogens is 1. The van der Waals surface area contributed by atoms with Crippen LogP contribution in [0.4, 0.5) is 15.5 Å². The maximum absolute atomic E-state index is 12.9. The van der Waals surface area contributed by atoms with Gasteiger partial charge in [-0.3, -0.25) is 24.2 Å². The van der Waals surface area contributed by atoms with E-state index >= 15 is 0 Å². The first-order valence-electron chi connectivity index (χ1n) is 9.87. The van der Waals surface area contributed by atoms with Crippen molar-refractivity contribution in [2.75, 3.05) is 23.4 Å². The fourth-order valence-corrected chi connectivity index (χ4v) is 4.59. The van der Waals surface area contributed by atoms with Crippen LogP contribution in [0.2, 0.25) is 5.02 Å². The maximum atomic E-state index is 12.9. The number of nitrogens with two attached hydrogens (primary N) is 1. The summed E-state index contributed by atoms with van der Waals surface area (Å²) < 4.78 is 5.01. The zero-order valence-electron chi connectivity index (χ0n) is 18.0. The van der Waals surface area contributed by atoms with Gasteiger partial charge in [0.25, 0.3) is 11.8 Å². The van der Waals surface area contributed by atoms with Gasteiger partial charge in [-0.05, 0) is 50.6 Å². The van der Waals surface area contributed by atoms with Gasteiger partial charge in [0.1, 0.15) is 17.6 Å². The number of ether oxygens (including phenoxy) is 1. The fourth-order valence-electron chi connectivity index (χ4n) is 3.40. The van der Waals surface area contributed by atoms with Crippen LogP contribution in [0.3, 0.4) is 0 Å². The van der Waals surface area contributed by atoms with Gasteiger partial charge in [-0.2, -0.15) is 0 Å². The van der Waals surface area contributed by atoms with Crippen LogP contribution < -0.4 is 16.0 Å². The van der Waals surface area contributed by atoms with Crippen molar-refractivity contribution in [2.45, 2.75) is 26.8 Å². The molecular weight excluding hydrogens is 472 g/mol. The Morgan fingerprint density at radius 3 is 2.42 bits per heavy atom. The molecule has 0 aliphatic carbocycles. The number of hydrogen-bond acceptors (Lipinski definition) is 7. The van der Waals surface area contributed by atoms with Gasteiger partial charge in [0.2, 0.25) is 5.91 Å². The molecule has 5 amide bonds. The summed E-state index contributed by atoms with van der Waals surface area (Å²) in [5.41, 5.74) is 6.09. The van der Waals surface area contributed by atoms with Crippen LogP contribution in [0.1, 0.15) is 39.4 Å². The SMILES string of the molecule is CCOC(=O)c1c(NC(=O)CN2C(=O)C(C)N(c3ccc(Cl)cc3)C2=O)sc(C(N)=O)c1C. The first kappa shape index (κ1) is 24.2. The highest BCUT2D eigenvalue weighted by molar-refractivity contribution is 7.18. The van der Waals surface area contributed by atoms with Gasteiger partial charge in [-0.25, -0.2) is 9.59 Å². The van der Waals surface area contributed by atoms with Crippen molar-refractivity contribution in [1.29, 1.82) is 0 Å². The minimum atomic E-state index is -0.827. The highest BCUT2D eigenvalue weighted by Gasteiger charge is 2.44. The molecule has 1 aromatic carbocycles. The number of imide groups is 1. The van der Waals surface area contributed by atoms with Crippen molar-refractivity contribution >= 4 is 63.3 Å². The smallest absolute Gasteiger partial charge is 0.341 e. The summed E-state index contributed by atoms with van der Waals surface area (Å²) >= 11 is 6.70. The minimum absolute atomic E-state index is 0.000709. The molecule has 1 aliphatic heterocycles. The van der Waals surface area contributed by atoms with Crippen LogP contribution in [-0.4, -0.2) is 53.8 Å². The lowest BCUT2D eigenvalue weighted by molar-refractivity contribution is -0.130. The van der Waals surface area contributed by atoms with Crippen molar-refractivity contribution in [2.24, 2.45) is 5.73 Å². The van der Waals surface area contributed by atoms with Crippen molar-refractivity contribution in [3.63, 3.8) is 0 Å². The summed E-state index contributed by atoms with van der Waals surface area (Å²) in [6, 6.07) is 4.87. The second-order valence-corrected chi connectivity index (χ2v) is 8.58. The van der Waals surface area contributed by atoms with Crippen molar-refractivity contribution in [1.82, 2.24) is 4.90 Å². The van der Waals surface area contributed by atoms with Crippen molar-refractivity contribution < 1.29 is 28.7 Å². The van der Waals surface area contributed by atoms with E-state index in [1.54, 1.807) is 38.1 Å². The Bertz CT molecular complexity index is 1150. The number of rotatable bonds is 7. The molecule has 174 valence electrons. The molecular formula is C21H21ClN4O6S. The Balaban J connectivity index is 1.82. The lowest BCUT2D eigenvalue weighted by atomic mass is 10.1. The molecule has 10 nitrogen and oxygen atoms in total. The Morgan fingerprint density at radius 2 is 1.85 bits per heavy atom. The first-order chi connectivity index (χ1) is 15.6. The molecule has 33 heavy (non-hydrogen) atoms. The summed E-state index contributed by atoms with van der Waals surface area (Å²) in [4.78, 5) is 64.5. The van der Waals surface area contributed by atoms with Crippen molar-refractivity contribution in [3.05, 3.63) is 45.3 Å². The maximum Gasteiger partial charge on any atom is 0.341 e. The second kappa shape index (κ2) is 9.59. The normalized spacial score (nSPS) is 15.7. The predicted molar refractivity (Wildman–Crippen MR) is 123 cm³/mol. The third-order valence-corrected chi connectivity index (χ3v) is 6.43. The topological polar surface area (TPSA) is 139 Å². The largest absolute Gasteiger partial charge is 0.462 e. The highest BCUT2D eigenvalue weighted by Crippen LogP contribution is 2.34. The number of nitrogens with one attached hydrogen (secondary N) is 1. The van der Waals surface area contributed by atoms with Crippen LogP contribution in [0, 0.1) is 6.92 Å². The summed E-state index contributed by atoms with van der Waals surface area (Å²) in [6.45, 7) is 4.18. The number of urea groups is 1. The standard InChI is InChI=1S/C21H21ClN4O6S/c1-4-32-20(30)15-10(2)16(17(23)28)33-18(15)24-14(27)9-25-19(29)11(3)26(21(25)31)13-7-5-12(22)6-8-13/h5-8,11H,4,9H2,1-3H3,(H2,23,28)(H,24,27). The molecule has 1 atom stereocenters. The lowest BCUT2D eigenvalue weighted by Crippen LogP contribution is -2.39. The zero-order valence-corrected chi connectivity index (χ0v) is 19.6. The third kappa shape index (κ3) is 4.69. The average Bonchev–Trinajstić information content (AvgIpc) is 3.18. The minimum Gasteiger partial charge on any atom is -0.462 e. The summed E-state index contributed by atoms with van der Waals surface area (Å²) in [7, 11) is 0. The molecule has 1 aromatic heterocycles. The number of hydrogen-bond donors (Lipinski definition) is 2. The van der Waals surface area contributed by atoms with Gasteiger partial charge in [0, 0.05) is 10.7 Å². The number of carbonyl (C=O) groups excluding carboxylic acids is 5. The van der Waals surface area contributed by atoms with Crippen LogP contribution >= 0.6 is 22.9 Å². The van der Waals surface area contributed by atoms with E-state index in [0.29, 0.717) is 10.7 Å². The molecule has 0 saturated carbocycles. The molecule has 3 rings (SSSR count). The Kier molecular flexibility index (Phi) is 7.04. The molecule has 0 spiro atoms. The second-order valence-electron chi connectivity index (χ2n) is 7.12. The summed E-state index contributed by atoms with van der Waals surface area (Å²) in [5.74, 6) is -2.79. The highest BCUT2D eigenvalue weighted by atomic mass is 35.5.